The number of hydrogen-bond acceptors (Lipinski definition) is 2. The van der Waals surface area contributed by atoms with E-state index in [0.29, 0.717) is 0 Å². The lowest BCUT2D eigenvalue weighted by Gasteiger charge is -1.82. The molecular weight excluding hydrogens is 88.1 g/mol. The number of hydrogen-bond donors (Lipinski definition) is 0. The monoisotopic (exact) mass is 96.1 g/mol. The maximum Gasteiger partial charge on any atom is 0.0782 e. The quantitative estimate of drug-likeness (QED) is 0.446. The molecule has 1 atom stereocenters. The van der Waals surface area contributed by atoms with E-state index in [1.165, 1.54) is 0 Å². The highest BCUT2D eigenvalue weighted by Gasteiger charge is 1.87. The van der Waals surface area contributed by atoms with E-state index < -0.39 is 0 Å². The average Bonchev–Trinajstić information content (AvgIpc) is 1.68. The standard InChI is InChI=1S/C5H8N2/c1-5(3-6)4-7-2/h4-5H,1-2H3. The van der Waals surface area contributed by atoms with Gasteiger partial charge in [-0.25, -0.2) is 0 Å². The minimum absolute atomic E-state index is 0.0370. The van der Waals surface area contributed by atoms with E-state index in [9.17, 15) is 0 Å². The summed E-state index contributed by atoms with van der Waals surface area (Å²) in [5, 5.41) is 8.12. The van der Waals surface area contributed by atoms with Crippen molar-refractivity contribution in [3.63, 3.8) is 0 Å². The first-order valence-electron chi connectivity index (χ1n) is 2.13. The van der Waals surface area contributed by atoms with Crippen LogP contribution >= 0.6 is 0 Å². The van der Waals surface area contributed by atoms with Crippen molar-refractivity contribution in [3.8, 4) is 6.07 Å². The summed E-state index contributed by atoms with van der Waals surface area (Å²) >= 11 is 0. The van der Waals surface area contributed by atoms with Crippen LogP contribution in [0.25, 0.3) is 0 Å². The minimum Gasteiger partial charge on any atom is -0.299 e. The summed E-state index contributed by atoms with van der Waals surface area (Å²) in [6, 6.07) is 2.02. The number of nitriles is 1. The van der Waals surface area contributed by atoms with Crippen molar-refractivity contribution in [2.45, 2.75) is 6.92 Å². The van der Waals surface area contributed by atoms with Crippen LogP contribution in [-0.2, 0) is 0 Å². The third kappa shape index (κ3) is 2.98. The second-order valence-corrected chi connectivity index (χ2v) is 1.33. The highest BCUT2D eigenvalue weighted by atomic mass is 14.6. The molecule has 0 aromatic heterocycles. The van der Waals surface area contributed by atoms with E-state index in [1.54, 1.807) is 20.2 Å². The van der Waals surface area contributed by atoms with Crippen LogP contribution in [0.3, 0.4) is 0 Å². The molecule has 0 saturated carbocycles. The lowest BCUT2D eigenvalue weighted by Crippen LogP contribution is -1.88. The molecule has 7 heavy (non-hydrogen) atoms. The molecule has 0 rings (SSSR count). The molecule has 0 aromatic carbocycles. The van der Waals surface area contributed by atoms with Crippen LogP contribution in [-0.4, -0.2) is 13.3 Å². The molecule has 0 N–H and O–H groups in total. The van der Waals surface area contributed by atoms with Gasteiger partial charge in [0.1, 0.15) is 0 Å². The summed E-state index contributed by atoms with van der Waals surface area (Å²) < 4.78 is 0. The van der Waals surface area contributed by atoms with E-state index in [-0.39, 0.29) is 5.92 Å². The molecule has 0 spiro atoms. The van der Waals surface area contributed by atoms with E-state index in [4.69, 9.17) is 5.26 Å². The molecule has 38 valence electrons. The molecule has 0 amide bonds. The first kappa shape index (κ1) is 6.16. The lowest BCUT2D eigenvalue weighted by molar-refractivity contribution is 1.03. The van der Waals surface area contributed by atoms with Crippen LogP contribution in [0, 0.1) is 17.2 Å². The predicted octanol–water partition coefficient (Wildman–Crippen LogP) is 0.847. The van der Waals surface area contributed by atoms with Crippen LogP contribution in [0.15, 0.2) is 4.99 Å². The van der Waals surface area contributed by atoms with E-state index in [1.807, 2.05) is 6.07 Å². The molecule has 1 unspecified atom stereocenters. The van der Waals surface area contributed by atoms with Crippen molar-refractivity contribution in [3.05, 3.63) is 0 Å². The summed E-state index contributed by atoms with van der Waals surface area (Å²) in [7, 11) is 1.66. The van der Waals surface area contributed by atoms with Crippen LogP contribution in [0.4, 0.5) is 0 Å². The number of rotatable bonds is 1. The Morgan fingerprint density at radius 2 is 2.43 bits per heavy atom. The Kier molecular flexibility index (Phi) is 2.95. The van der Waals surface area contributed by atoms with Crippen molar-refractivity contribution in [2.24, 2.45) is 10.9 Å². The van der Waals surface area contributed by atoms with Gasteiger partial charge in [-0.05, 0) is 6.92 Å². The molecule has 0 bridgehead atoms. The first-order valence-corrected chi connectivity index (χ1v) is 2.13. The fourth-order valence-electron chi connectivity index (χ4n) is 0.257. The number of aliphatic imine (C=N–C) groups is 1. The zero-order valence-electron chi connectivity index (χ0n) is 4.55. The van der Waals surface area contributed by atoms with Gasteiger partial charge in [-0.15, -0.1) is 0 Å². The third-order valence-electron chi connectivity index (χ3n) is 0.576. The Balaban J connectivity index is 3.42. The van der Waals surface area contributed by atoms with Gasteiger partial charge in [0.25, 0.3) is 0 Å². The van der Waals surface area contributed by atoms with Gasteiger partial charge < -0.3 is 0 Å². The third-order valence-corrected chi connectivity index (χ3v) is 0.576. The van der Waals surface area contributed by atoms with Crippen molar-refractivity contribution >= 4 is 6.21 Å². The SMILES string of the molecule is CN=CC(C)C#N. The lowest BCUT2D eigenvalue weighted by atomic mass is 10.2. The first-order chi connectivity index (χ1) is 3.31. The summed E-state index contributed by atoms with van der Waals surface area (Å²) in [6.07, 6.45) is 1.61. The fourth-order valence-corrected chi connectivity index (χ4v) is 0.257. The fraction of sp³-hybridized carbons (Fsp3) is 0.600. The van der Waals surface area contributed by atoms with Crippen molar-refractivity contribution < 1.29 is 0 Å². The topological polar surface area (TPSA) is 36.1 Å². The minimum atomic E-state index is -0.0370. The Hall–Kier alpha value is -0.840. The van der Waals surface area contributed by atoms with Gasteiger partial charge in [0.2, 0.25) is 0 Å². The second-order valence-electron chi connectivity index (χ2n) is 1.33. The van der Waals surface area contributed by atoms with Crippen LogP contribution < -0.4 is 0 Å². The van der Waals surface area contributed by atoms with Gasteiger partial charge >= 0.3 is 0 Å². The van der Waals surface area contributed by atoms with Crippen LogP contribution in [0.5, 0.6) is 0 Å². The van der Waals surface area contributed by atoms with Crippen LogP contribution in [0.1, 0.15) is 6.92 Å². The maximum absolute atomic E-state index is 8.12. The normalized spacial score (nSPS) is 13.9. The zero-order valence-corrected chi connectivity index (χ0v) is 4.55. The highest BCUT2D eigenvalue weighted by molar-refractivity contribution is 5.63. The van der Waals surface area contributed by atoms with E-state index >= 15 is 0 Å². The van der Waals surface area contributed by atoms with E-state index in [0.717, 1.165) is 0 Å². The van der Waals surface area contributed by atoms with Gasteiger partial charge in [-0.3, -0.25) is 4.99 Å². The molecule has 2 heteroatoms. The molecule has 0 radical (unpaired) electrons. The van der Waals surface area contributed by atoms with Gasteiger partial charge in [0.05, 0.1) is 12.0 Å². The molecule has 0 heterocycles. The largest absolute Gasteiger partial charge is 0.299 e. The zero-order chi connectivity index (χ0) is 5.70. The van der Waals surface area contributed by atoms with Crippen molar-refractivity contribution in [1.82, 2.24) is 0 Å². The van der Waals surface area contributed by atoms with Crippen molar-refractivity contribution in [1.29, 1.82) is 5.26 Å². The van der Waals surface area contributed by atoms with Gasteiger partial charge in [-0.2, -0.15) is 5.26 Å². The van der Waals surface area contributed by atoms with Gasteiger partial charge in [0.15, 0.2) is 0 Å². The van der Waals surface area contributed by atoms with Crippen molar-refractivity contribution in [2.75, 3.05) is 7.05 Å². The molecule has 0 aliphatic carbocycles. The number of nitrogens with zero attached hydrogens (tertiary/aromatic N) is 2. The maximum atomic E-state index is 8.12. The molecule has 0 fully saturated rings. The van der Waals surface area contributed by atoms with Crippen LogP contribution in [0.2, 0.25) is 0 Å². The molecule has 0 aromatic rings. The molecule has 0 saturated heterocycles. The van der Waals surface area contributed by atoms with Gasteiger partial charge in [0, 0.05) is 13.3 Å². The molecular formula is C5H8N2. The average molecular weight is 96.1 g/mol. The highest BCUT2D eigenvalue weighted by Crippen LogP contribution is 1.82. The van der Waals surface area contributed by atoms with Gasteiger partial charge in [-0.1, -0.05) is 0 Å². The molecule has 2 nitrogen and oxygen atoms in total. The summed E-state index contributed by atoms with van der Waals surface area (Å²) in [5.41, 5.74) is 0. The molecule has 0 aliphatic rings. The summed E-state index contributed by atoms with van der Waals surface area (Å²) in [5.74, 6) is -0.0370. The molecule has 0 aliphatic heterocycles. The smallest absolute Gasteiger partial charge is 0.0782 e. The Bertz CT molecular complexity index is 99.1. The van der Waals surface area contributed by atoms with E-state index in [2.05, 4.69) is 4.99 Å². The Morgan fingerprint density at radius 1 is 1.86 bits per heavy atom. The Morgan fingerprint density at radius 3 is 2.57 bits per heavy atom. The predicted molar refractivity (Wildman–Crippen MR) is 29.2 cm³/mol. The Labute approximate surface area is 43.5 Å². The summed E-state index contributed by atoms with van der Waals surface area (Å²) in [6.45, 7) is 1.80. The second kappa shape index (κ2) is 3.35. The summed E-state index contributed by atoms with van der Waals surface area (Å²) in [4.78, 5) is 3.66.